The maximum Gasteiger partial charge on any atom is 0.215 e. The Morgan fingerprint density at radius 2 is 1.93 bits per heavy atom. The van der Waals surface area contributed by atoms with Crippen LogP contribution in [0.4, 0.5) is 0 Å². The van der Waals surface area contributed by atoms with Crippen molar-refractivity contribution in [3.63, 3.8) is 0 Å². The standard InChI is InChI=1S/C24H31NO3S/c1-17-15-25(13-12-23(17)10-8-18-6-4-5-7-20(18)23)29(27,28)16-24-11-9-19(14-21(24)26)22(24,2)3/h4-8,10,17,19H,9,11-16H2,1-3H3/t17?,19-,23?,24-/m1/s1. The number of piperidine rings is 1. The summed E-state index contributed by atoms with van der Waals surface area (Å²) >= 11 is 0. The van der Waals surface area contributed by atoms with Crippen LogP contribution in [0.15, 0.2) is 30.3 Å². The second-order valence-electron chi connectivity index (χ2n) is 10.4. The van der Waals surface area contributed by atoms with E-state index in [0.717, 1.165) is 19.3 Å². The number of allylic oxidation sites excluding steroid dienone is 1. The van der Waals surface area contributed by atoms with Gasteiger partial charge in [0.05, 0.1) is 5.75 Å². The summed E-state index contributed by atoms with van der Waals surface area (Å²) in [6, 6.07) is 8.46. The first-order valence-corrected chi connectivity index (χ1v) is 12.5. The highest BCUT2D eigenvalue weighted by atomic mass is 32.2. The lowest BCUT2D eigenvalue weighted by atomic mass is 9.68. The Hall–Kier alpha value is -1.46. The van der Waals surface area contributed by atoms with Gasteiger partial charge in [0.25, 0.3) is 0 Å². The molecular weight excluding hydrogens is 382 g/mol. The minimum absolute atomic E-state index is 0.00548. The van der Waals surface area contributed by atoms with Crippen LogP contribution in [0.3, 0.4) is 0 Å². The van der Waals surface area contributed by atoms with Crippen molar-refractivity contribution >= 4 is 21.9 Å². The predicted molar refractivity (Wildman–Crippen MR) is 115 cm³/mol. The molecule has 1 saturated heterocycles. The zero-order valence-corrected chi connectivity index (χ0v) is 18.5. The van der Waals surface area contributed by atoms with Crippen molar-refractivity contribution in [1.82, 2.24) is 4.31 Å². The van der Waals surface area contributed by atoms with E-state index in [9.17, 15) is 13.2 Å². The quantitative estimate of drug-likeness (QED) is 0.752. The van der Waals surface area contributed by atoms with E-state index >= 15 is 0 Å². The average molecular weight is 414 g/mol. The number of Topliss-reactive ketones (excluding diaryl/α,β-unsaturated/α-hetero) is 1. The number of sulfonamides is 1. The Bertz CT molecular complexity index is 1010. The van der Waals surface area contributed by atoms with Gasteiger partial charge in [-0.05, 0) is 47.6 Å². The fourth-order valence-electron chi connectivity index (χ4n) is 6.92. The molecule has 1 aromatic rings. The highest BCUT2D eigenvalue weighted by molar-refractivity contribution is 7.89. The van der Waals surface area contributed by atoms with Gasteiger partial charge in [-0.2, -0.15) is 0 Å². The van der Waals surface area contributed by atoms with Gasteiger partial charge in [-0.3, -0.25) is 4.79 Å². The maximum atomic E-state index is 13.5. The summed E-state index contributed by atoms with van der Waals surface area (Å²) in [7, 11) is -3.48. The summed E-state index contributed by atoms with van der Waals surface area (Å²) in [6.45, 7) is 7.44. The van der Waals surface area contributed by atoms with Crippen molar-refractivity contribution in [2.75, 3.05) is 18.8 Å². The van der Waals surface area contributed by atoms with Gasteiger partial charge in [-0.1, -0.05) is 57.2 Å². The van der Waals surface area contributed by atoms with Crippen LogP contribution in [0.5, 0.6) is 0 Å². The van der Waals surface area contributed by atoms with Crippen molar-refractivity contribution in [3.05, 3.63) is 41.5 Å². The second-order valence-corrected chi connectivity index (χ2v) is 12.4. The first-order chi connectivity index (χ1) is 13.6. The largest absolute Gasteiger partial charge is 0.299 e. The van der Waals surface area contributed by atoms with Crippen molar-refractivity contribution in [2.24, 2.45) is 22.7 Å². The van der Waals surface area contributed by atoms with Crippen molar-refractivity contribution in [3.8, 4) is 0 Å². The Morgan fingerprint density at radius 3 is 2.59 bits per heavy atom. The lowest BCUT2D eigenvalue weighted by molar-refractivity contribution is -0.128. The van der Waals surface area contributed by atoms with Crippen molar-refractivity contribution in [2.45, 2.75) is 51.9 Å². The van der Waals surface area contributed by atoms with Gasteiger partial charge in [0.15, 0.2) is 0 Å². The van der Waals surface area contributed by atoms with E-state index in [1.807, 2.05) is 0 Å². The monoisotopic (exact) mass is 413 g/mol. The van der Waals surface area contributed by atoms with E-state index in [1.54, 1.807) is 4.31 Å². The lowest BCUT2D eigenvalue weighted by Crippen LogP contribution is -2.53. The number of hydrogen-bond donors (Lipinski definition) is 0. The number of benzene rings is 1. The molecule has 4 atom stereocenters. The molecule has 1 aliphatic heterocycles. The Balaban J connectivity index is 1.40. The molecule has 1 aromatic carbocycles. The zero-order valence-electron chi connectivity index (χ0n) is 17.6. The minimum Gasteiger partial charge on any atom is -0.299 e. The first kappa shape index (κ1) is 19.5. The van der Waals surface area contributed by atoms with Gasteiger partial charge >= 0.3 is 0 Å². The Kier molecular flexibility index (Phi) is 4.06. The molecule has 5 heteroatoms. The Labute approximate surface area is 174 Å². The van der Waals surface area contributed by atoms with Crippen LogP contribution in [0.1, 0.15) is 57.6 Å². The third-order valence-electron chi connectivity index (χ3n) is 9.12. The van der Waals surface area contributed by atoms with Gasteiger partial charge in [-0.25, -0.2) is 12.7 Å². The van der Waals surface area contributed by atoms with Crippen LogP contribution < -0.4 is 0 Å². The molecule has 29 heavy (non-hydrogen) atoms. The van der Waals surface area contributed by atoms with Gasteiger partial charge in [0.2, 0.25) is 10.0 Å². The number of carbonyl (C=O) groups is 1. The van der Waals surface area contributed by atoms with E-state index in [2.05, 4.69) is 57.2 Å². The highest BCUT2D eigenvalue weighted by Crippen LogP contribution is 2.64. The molecule has 2 bridgehead atoms. The molecule has 0 N–H and O–H groups in total. The summed E-state index contributed by atoms with van der Waals surface area (Å²) in [5, 5.41) is 0. The molecule has 4 nitrogen and oxygen atoms in total. The van der Waals surface area contributed by atoms with Crippen LogP contribution in [0, 0.1) is 22.7 Å². The minimum atomic E-state index is -3.48. The maximum absolute atomic E-state index is 13.5. The topological polar surface area (TPSA) is 54.5 Å². The van der Waals surface area contributed by atoms with Crippen molar-refractivity contribution in [1.29, 1.82) is 0 Å². The molecule has 3 aliphatic carbocycles. The summed E-state index contributed by atoms with van der Waals surface area (Å²) in [4.78, 5) is 12.8. The molecule has 3 fully saturated rings. The molecule has 4 aliphatic rings. The summed E-state index contributed by atoms with van der Waals surface area (Å²) in [6.07, 6.45) is 7.54. The smallest absolute Gasteiger partial charge is 0.215 e. The molecule has 0 aromatic heterocycles. The molecule has 2 saturated carbocycles. The predicted octanol–water partition coefficient (Wildman–Crippen LogP) is 4.02. The molecule has 156 valence electrons. The van der Waals surface area contributed by atoms with E-state index < -0.39 is 15.4 Å². The Morgan fingerprint density at radius 1 is 1.17 bits per heavy atom. The van der Waals surface area contributed by atoms with Crippen LogP contribution in [0.2, 0.25) is 0 Å². The van der Waals surface area contributed by atoms with Crippen LogP contribution in [-0.4, -0.2) is 37.3 Å². The van der Waals surface area contributed by atoms with E-state index in [-0.39, 0.29) is 28.3 Å². The SMILES string of the molecule is CC1CN(S(=O)(=O)C[C@]23CC[C@H](CC2=O)C3(C)C)CCC12C=Cc1ccccc12. The van der Waals surface area contributed by atoms with E-state index in [1.165, 1.54) is 11.1 Å². The van der Waals surface area contributed by atoms with Gasteiger partial charge in [0.1, 0.15) is 5.78 Å². The fourth-order valence-corrected chi connectivity index (χ4v) is 9.22. The normalized spacial score (nSPS) is 38.1. The molecular formula is C24H31NO3S. The van der Waals surface area contributed by atoms with Gasteiger partial charge < -0.3 is 0 Å². The van der Waals surface area contributed by atoms with E-state index in [4.69, 9.17) is 0 Å². The van der Waals surface area contributed by atoms with Crippen LogP contribution in [-0.2, 0) is 20.2 Å². The third kappa shape index (κ3) is 2.46. The van der Waals surface area contributed by atoms with Gasteiger partial charge in [0, 0.05) is 30.3 Å². The second kappa shape index (κ2) is 6.04. The van der Waals surface area contributed by atoms with Gasteiger partial charge in [-0.15, -0.1) is 0 Å². The van der Waals surface area contributed by atoms with Crippen LogP contribution >= 0.6 is 0 Å². The number of nitrogens with zero attached hydrogens (tertiary/aromatic N) is 1. The van der Waals surface area contributed by atoms with Crippen molar-refractivity contribution < 1.29 is 13.2 Å². The van der Waals surface area contributed by atoms with Crippen LogP contribution in [0.25, 0.3) is 6.08 Å². The molecule has 2 unspecified atom stereocenters. The molecule has 5 rings (SSSR count). The summed E-state index contributed by atoms with van der Waals surface area (Å²) in [5.41, 5.74) is 1.61. The number of rotatable bonds is 3. The van der Waals surface area contributed by atoms with E-state index in [0.29, 0.717) is 25.4 Å². The fraction of sp³-hybridized carbons (Fsp3) is 0.625. The molecule has 1 heterocycles. The average Bonchev–Trinajstić information content (AvgIpc) is 3.21. The number of ketones is 1. The molecule has 0 radical (unpaired) electrons. The number of carbonyl (C=O) groups excluding carboxylic acids is 1. The first-order valence-electron chi connectivity index (χ1n) is 10.9. The highest BCUT2D eigenvalue weighted by Gasteiger charge is 2.65. The number of fused-ring (bicyclic) bond motifs is 4. The molecule has 0 amide bonds. The zero-order chi connectivity index (χ0) is 20.7. The summed E-state index contributed by atoms with van der Waals surface area (Å²) in [5.74, 6) is 0.714. The summed E-state index contributed by atoms with van der Waals surface area (Å²) < 4.78 is 28.7. The number of hydrogen-bond acceptors (Lipinski definition) is 3. The third-order valence-corrected chi connectivity index (χ3v) is 11.1. The molecule has 1 spiro atoms. The lowest BCUT2D eigenvalue weighted by Gasteiger charge is -2.45.